The Labute approximate surface area is 136 Å². The van der Waals surface area contributed by atoms with Crippen LogP contribution in [0.25, 0.3) is 0 Å². The van der Waals surface area contributed by atoms with Gasteiger partial charge < -0.3 is 10.2 Å². The second-order valence-corrected chi connectivity index (χ2v) is 7.43. The van der Waals surface area contributed by atoms with E-state index in [4.69, 9.17) is 11.6 Å². The molecule has 1 aromatic carbocycles. The number of rotatable bonds is 4. The van der Waals surface area contributed by atoms with Crippen LogP contribution in [0.15, 0.2) is 24.3 Å². The summed E-state index contributed by atoms with van der Waals surface area (Å²) in [6, 6.07) is 7.63. The summed E-state index contributed by atoms with van der Waals surface area (Å²) in [6.45, 7) is 5.85. The van der Waals surface area contributed by atoms with Crippen LogP contribution in [0.4, 0.5) is 0 Å². The van der Waals surface area contributed by atoms with E-state index in [2.05, 4.69) is 5.32 Å². The van der Waals surface area contributed by atoms with Gasteiger partial charge >= 0.3 is 0 Å². The average Bonchev–Trinajstić information content (AvgIpc) is 3.15. The predicted molar refractivity (Wildman–Crippen MR) is 87.8 cm³/mol. The van der Waals surface area contributed by atoms with Gasteiger partial charge in [0.2, 0.25) is 11.8 Å². The second kappa shape index (κ2) is 6.29. The Morgan fingerprint density at radius 3 is 2.64 bits per heavy atom. The van der Waals surface area contributed by atoms with Crippen LogP contribution in [-0.2, 0) is 9.59 Å². The molecule has 120 valence electrons. The first-order chi connectivity index (χ1) is 10.2. The summed E-state index contributed by atoms with van der Waals surface area (Å²) in [5.74, 6) is 0.0718. The molecule has 0 spiro atoms. The van der Waals surface area contributed by atoms with Crippen LogP contribution >= 0.6 is 11.6 Å². The van der Waals surface area contributed by atoms with Crippen LogP contribution in [-0.4, -0.2) is 35.8 Å². The molecule has 0 unspecified atom stereocenters. The van der Waals surface area contributed by atoms with Crippen molar-refractivity contribution in [2.24, 2.45) is 5.92 Å². The van der Waals surface area contributed by atoms with Gasteiger partial charge in [0, 0.05) is 23.5 Å². The zero-order chi connectivity index (χ0) is 16.5. The quantitative estimate of drug-likeness (QED) is 0.926. The van der Waals surface area contributed by atoms with Crippen LogP contribution in [0.3, 0.4) is 0 Å². The van der Waals surface area contributed by atoms with Crippen LogP contribution in [0.2, 0.25) is 5.02 Å². The Morgan fingerprint density at radius 2 is 2.05 bits per heavy atom. The number of amides is 2. The average molecular weight is 323 g/mol. The highest BCUT2D eigenvalue weighted by Crippen LogP contribution is 2.48. The summed E-state index contributed by atoms with van der Waals surface area (Å²) in [6.07, 6.45) is 0.824. The number of hydrogen-bond donors (Lipinski definition) is 1. The molecule has 2 atom stereocenters. The molecule has 0 radical (unpaired) electrons. The lowest BCUT2D eigenvalue weighted by Gasteiger charge is -2.23. The molecule has 0 saturated heterocycles. The van der Waals surface area contributed by atoms with E-state index in [1.54, 1.807) is 7.05 Å². The molecule has 1 aromatic rings. The lowest BCUT2D eigenvalue weighted by atomic mass is 10.1. The van der Waals surface area contributed by atoms with Gasteiger partial charge in [-0.05, 0) is 50.8 Å². The van der Waals surface area contributed by atoms with Crippen LogP contribution < -0.4 is 5.32 Å². The normalized spacial score (nSPS) is 20.4. The lowest BCUT2D eigenvalue weighted by molar-refractivity contribution is -0.136. The van der Waals surface area contributed by atoms with Crippen molar-refractivity contribution in [3.63, 3.8) is 0 Å². The van der Waals surface area contributed by atoms with Crippen molar-refractivity contribution in [3.8, 4) is 0 Å². The first-order valence-corrected chi connectivity index (χ1v) is 7.86. The third-order valence-corrected chi connectivity index (χ3v) is 3.89. The standard InChI is InChI=1S/C17H23ClN2O2/c1-17(2,3)19-15(21)10-20(4)16(22)14-9-13(14)11-6-5-7-12(18)8-11/h5-8,13-14H,9-10H2,1-4H3,(H,19,21)/t13-,14-/m0/s1. The van der Waals surface area contributed by atoms with Gasteiger partial charge in [0.05, 0.1) is 6.54 Å². The fourth-order valence-electron chi connectivity index (χ4n) is 2.61. The van der Waals surface area contributed by atoms with Crippen molar-refractivity contribution in [2.45, 2.75) is 38.6 Å². The molecule has 22 heavy (non-hydrogen) atoms. The smallest absolute Gasteiger partial charge is 0.240 e. The number of nitrogens with one attached hydrogen (secondary N) is 1. The van der Waals surface area contributed by atoms with Crippen molar-refractivity contribution in [1.82, 2.24) is 10.2 Å². The minimum Gasteiger partial charge on any atom is -0.350 e. The van der Waals surface area contributed by atoms with Crippen LogP contribution in [0.5, 0.6) is 0 Å². The van der Waals surface area contributed by atoms with Crippen molar-refractivity contribution in [3.05, 3.63) is 34.9 Å². The molecule has 1 saturated carbocycles. The third kappa shape index (κ3) is 4.47. The summed E-state index contributed by atoms with van der Waals surface area (Å²) in [5.41, 5.74) is 0.808. The van der Waals surface area contributed by atoms with Gasteiger partial charge in [-0.15, -0.1) is 0 Å². The Balaban J connectivity index is 1.89. The molecule has 2 rings (SSSR count). The van der Waals surface area contributed by atoms with Crippen LogP contribution in [0.1, 0.15) is 38.7 Å². The Morgan fingerprint density at radius 1 is 1.36 bits per heavy atom. The number of carbonyl (C=O) groups is 2. The fraction of sp³-hybridized carbons (Fsp3) is 0.529. The molecule has 1 N–H and O–H groups in total. The topological polar surface area (TPSA) is 49.4 Å². The maximum atomic E-state index is 12.4. The van der Waals surface area contributed by atoms with E-state index >= 15 is 0 Å². The highest BCUT2D eigenvalue weighted by molar-refractivity contribution is 6.30. The van der Waals surface area contributed by atoms with Gasteiger partial charge in [-0.3, -0.25) is 9.59 Å². The van der Waals surface area contributed by atoms with Gasteiger partial charge in [-0.25, -0.2) is 0 Å². The number of likely N-dealkylation sites (N-methyl/N-ethyl adjacent to an activating group) is 1. The van der Waals surface area contributed by atoms with E-state index < -0.39 is 0 Å². The molecule has 0 aromatic heterocycles. The molecule has 1 aliphatic rings. The minimum absolute atomic E-state index is 0.0223. The molecule has 4 nitrogen and oxygen atoms in total. The minimum atomic E-state index is -0.288. The van der Waals surface area contributed by atoms with E-state index in [9.17, 15) is 9.59 Å². The zero-order valence-electron chi connectivity index (χ0n) is 13.5. The maximum Gasteiger partial charge on any atom is 0.240 e. The predicted octanol–water partition coefficient (Wildman–Crippen LogP) is 2.82. The van der Waals surface area contributed by atoms with Crippen molar-refractivity contribution in [2.75, 3.05) is 13.6 Å². The molecular formula is C17H23ClN2O2. The third-order valence-electron chi connectivity index (χ3n) is 3.66. The Bertz CT molecular complexity index is 580. The highest BCUT2D eigenvalue weighted by atomic mass is 35.5. The number of benzene rings is 1. The first kappa shape index (κ1) is 16.8. The van der Waals surface area contributed by atoms with E-state index in [-0.39, 0.29) is 35.7 Å². The van der Waals surface area contributed by atoms with E-state index in [1.165, 1.54) is 4.90 Å². The number of halogens is 1. The van der Waals surface area contributed by atoms with Gasteiger partial charge in [0.25, 0.3) is 0 Å². The largest absolute Gasteiger partial charge is 0.350 e. The lowest BCUT2D eigenvalue weighted by Crippen LogP contribution is -2.46. The Hall–Kier alpha value is -1.55. The fourth-order valence-corrected chi connectivity index (χ4v) is 2.81. The second-order valence-electron chi connectivity index (χ2n) is 7.00. The molecule has 0 heterocycles. The molecule has 0 bridgehead atoms. The van der Waals surface area contributed by atoms with Crippen molar-refractivity contribution >= 4 is 23.4 Å². The van der Waals surface area contributed by atoms with Gasteiger partial charge in [0.1, 0.15) is 0 Å². The molecule has 1 aliphatic carbocycles. The zero-order valence-corrected chi connectivity index (χ0v) is 14.3. The SMILES string of the molecule is CN(CC(=O)NC(C)(C)C)C(=O)[C@H]1C[C@H]1c1cccc(Cl)c1. The molecule has 5 heteroatoms. The number of carbonyl (C=O) groups excluding carboxylic acids is 2. The monoisotopic (exact) mass is 322 g/mol. The number of hydrogen-bond acceptors (Lipinski definition) is 2. The van der Waals surface area contributed by atoms with E-state index in [1.807, 2.05) is 45.0 Å². The maximum absolute atomic E-state index is 12.4. The summed E-state index contributed by atoms with van der Waals surface area (Å²) < 4.78 is 0. The molecule has 0 aliphatic heterocycles. The molecule has 2 amide bonds. The molecular weight excluding hydrogens is 300 g/mol. The first-order valence-electron chi connectivity index (χ1n) is 7.49. The Kier molecular flexibility index (Phi) is 4.81. The molecule has 1 fully saturated rings. The van der Waals surface area contributed by atoms with E-state index in [0.717, 1.165) is 12.0 Å². The van der Waals surface area contributed by atoms with E-state index in [0.29, 0.717) is 5.02 Å². The van der Waals surface area contributed by atoms with Crippen molar-refractivity contribution < 1.29 is 9.59 Å². The van der Waals surface area contributed by atoms with Gasteiger partial charge in [0.15, 0.2) is 0 Å². The summed E-state index contributed by atoms with van der Waals surface area (Å²) in [5, 5.41) is 3.55. The number of nitrogens with zero attached hydrogens (tertiary/aromatic N) is 1. The van der Waals surface area contributed by atoms with Crippen molar-refractivity contribution in [1.29, 1.82) is 0 Å². The highest BCUT2D eigenvalue weighted by Gasteiger charge is 2.45. The summed E-state index contributed by atoms with van der Waals surface area (Å²) in [7, 11) is 1.68. The van der Waals surface area contributed by atoms with Gasteiger partial charge in [-0.1, -0.05) is 23.7 Å². The van der Waals surface area contributed by atoms with Gasteiger partial charge in [-0.2, -0.15) is 0 Å². The van der Waals surface area contributed by atoms with Crippen LogP contribution in [0, 0.1) is 5.92 Å². The summed E-state index contributed by atoms with van der Waals surface area (Å²) >= 11 is 5.99. The summed E-state index contributed by atoms with van der Waals surface area (Å²) in [4.78, 5) is 25.8.